The highest BCUT2D eigenvalue weighted by Gasteiger charge is 2.57. The predicted octanol–water partition coefficient (Wildman–Crippen LogP) is 3.09. The second kappa shape index (κ2) is 10.7. The van der Waals surface area contributed by atoms with Crippen LogP contribution in [0.15, 0.2) is 59.6 Å². The number of aromatic nitrogens is 3. The normalized spacial score (nSPS) is 21.4. The number of furan rings is 1. The van der Waals surface area contributed by atoms with Crippen molar-refractivity contribution in [2.24, 2.45) is 12.5 Å². The van der Waals surface area contributed by atoms with E-state index in [9.17, 15) is 22.8 Å². The second-order valence-electron chi connectivity index (χ2n) is 9.24. The molecule has 1 spiro atoms. The second-order valence-corrected chi connectivity index (χ2v) is 9.24. The van der Waals surface area contributed by atoms with Gasteiger partial charge in [0.2, 0.25) is 5.91 Å². The van der Waals surface area contributed by atoms with Crippen molar-refractivity contribution >= 4 is 17.8 Å². The number of piperidine rings is 1. The minimum absolute atomic E-state index is 0.108. The summed E-state index contributed by atoms with van der Waals surface area (Å²) in [4.78, 5) is 43.7. The van der Waals surface area contributed by atoms with E-state index in [1.165, 1.54) is 6.26 Å². The molecule has 0 aliphatic carbocycles. The summed E-state index contributed by atoms with van der Waals surface area (Å²) in [5.41, 5.74) is 1.37. The molecule has 1 N–H and O–H groups in total. The molecule has 3 aromatic rings. The van der Waals surface area contributed by atoms with Crippen LogP contribution in [-0.4, -0.2) is 73.3 Å². The lowest BCUT2D eigenvalue weighted by Crippen LogP contribution is -2.52. The number of hydrogen-bond acceptors (Lipinski definition) is 6. The maximum absolute atomic E-state index is 13.9. The van der Waals surface area contributed by atoms with Gasteiger partial charge in [0, 0.05) is 63.4 Å². The molecule has 5 heterocycles. The lowest BCUT2D eigenvalue weighted by Gasteiger charge is -2.42. The summed E-state index contributed by atoms with van der Waals surface area (Å²) in [6, 6.07) is 9.22. The number of nitrogens with zero attached hydrogens (tertiary/aromatic N) is 5. The first-order valence-electron chi connectivity index (χ1n) is 11.8. The maximum Gasteiger partial charge on any atom is 0.490 e. The lowest BCUT2D eigenvalue weighted by atomic mass is 9.70. The molecule has 2 fully saturated rings. The van der Waals surface area contributed by atoms with Gasteiger partial charge in [0.05, 0.1) is 11.7 Å². The van der Waals surface area contributed by atoms with E-state index in [0.29, 0.717) is 31.9 Å². The van der Waals surface area contributed by atoms with E-state index in [4.69, 9.17) is 14.3 Å². The largest absolute Gasteiger partial charge is 0.490 e. The van der Waals surface area contributed by atoms with Gasteiger partial charge >= 0.3 is 12.1 Å². The average molecular weight is 534 g/mol. The van der Waals surface area contributed by atoms with Gasteiger partial charge in [-0.25, -0.2) is 4.79 Å². The number of aryl methyl sites for hydroxylation is 1. The number of alkyl halides is 3. The number of carboxylic acid groups (broad SMARTS) is 1. The number of pyridine rings is 1. The molecule has 0 radical (unpaired) electrons. The third-order valence-electron chi connectivity index (χ3n) is 6.91. The zero-order valence-electron chi connectivity index (χ0n) is 20.5. The molecule has 202 valence electrons. The van der Waals surface area contributed by atoms with Crippen LogP contribution in [0.5, 0.6) is 0 Å². The van der Waals surface area contributed by atoms with Crippen molar-refractivity contribution in [1.82, 2.24) is 24.6 Å². The van der Waals surface area contributed by atoms with Crippen molar-refractivity contribution in [3.05, 3.63) is 72.2 Å². The molecule has 2 aliphatic rings. The van der Waals surface area contributed by atoms with Gasteiger partial charge in [0.25, 0.3) is 5.91 Å². The summed E-state index contributed by atoms with van der Waals surface area (Å²) in [7, 11) is 1.89. The van der Waals surface area contributed by atoms with Crippen molar-refractivity contribution in [2.45, 2.75) is 31.5 Å². The SMILES string of the molecule is Cn1nccc1[C@@H]1CN(C(=O)c2ccco2)C[C@]12CCCN(Cc1ccncc1)C2=O.O=C(O)C(F)(F)F. The number of carbonyl (C=O) groups excluding carboxylic acids is 2. The minimum Gasteiger partial charge on any atom is -0.475 e. The van der Waals surface area contributed by atoms with E-state index in [-0.39, 0.29) is 17.7 Å². The fraction of sp³-hybridized carbons (Fsp3) is 0.400. The highest BCUT2D eigenvalue weighted by Crippen LogP contribution is 2.49. The van der Waals surface area contributed by atoms with Crippen LogP contribution in [0.4, 0.5) is 13.2 Å². The van der Waals surface area contributed by atoms with Gasteiger partial charge in [-0.15, -0.1) is 0 Å². The Labute approximate surface area is 215 Å². The van der Waals surface area contributed by atoms with Gasteiger partial charge in [-0.05, 0) is 48.7 Å². The third kappa shape index (κ3) is 5.41. The minimum atomic E-state index is -5.08. The topological polar surface area (TPSA) is 122 Å². The van der Waals surface area contributed by atoms with Crippen LogP contribution in [0.1, 0.15) is 40.6 Å². The molecule has 13 heteroatoms. The number of halogens is 3. The number of likely N-dealkylation sites (tertiary alicyclic amines) is 2. The quantitative estimate of drug-likeness (QED) is 0.547. The number of aliphatic carboxylic acids is 1. The third-order valence-corrected chi connectivity index (χ3v) is 6.91. The van der Waals surface area contributed by atoms with Crippen molar-refractivity contribution in [3.63, 3.8) is 0 Å². The molecule has 2 atom stereocenters. The zero-order chi connectivity index (χ0) is 27.5. The highest BCUT2D eigenvalue weighted by atomic mass is 19.4. The number of carboxylic acids is 1. The lowest BCUT2D eigenvalue weighted by molar-refractivity contribution is -0.192. The Bertz CT molecular complexity index is 1280. The van der Waals surface area contributed by atoms with Crippen molar-refractivity contribution in [3.8, 4) is 0 Å². The van der Waals surface area contributed by atoms with Crippen LogP contribution in [0.2, 0.25) is 0 Å². The van der Waals surface area contributed by atoms with E-state index in [1.54, 1.807) is 35.6 Å². The van der Waals surface area contributed by atoms with Gasteiger partial charge in [-0.2, -0.15) is 18.3 Å². The number of carbonyl (C=O) groups is 3. The summed E-state index contributed by atoms with van der Waals surface area (Å²) in [6.07, 6.45) is 3.31. The molecule has 2 saturated heterocycles. The maximum atomic E-state index is 13.9. The van der Waals surface area contributed by atoms with Crippen molar-refractivity contribution in [2.75, 3.05) is 19.6 Å². The van der Waals surface area contributed by atoms with Crippen LogP contribution in [0.3, 0.4) is 0 Å². The summed E-state index contributed by atoms with van der Waals surface area (Å²) in [5, 5.41) is 11.5. The van der Waals surface area contributed by atoms with Gasteiger partial charge in [-0.1, -0.05) is 0 Å². The summed E-state index contributed by atoms with van der Waals surface area (Å²) < 4.78 is 38.9. The Hall–Kier alpha value is -4.16. The van der Waals surface area contributed by atoms with E-state index < -0.39 is 17.6 Å². The van der Waals surface area contributed by atoms with Crippen LogP contribution < -0.4 is 0 Å². The van der Waals surface area contributed by atoms with Crippen LogP contribution in [0, 0.1) is 5.41 Å². The monoisotopic (exact) mass is 533 g/mol. The average Bonchev–Trinajstić information content (AvgIpc) is 3.63. The zero-order valence-corrected chi connectivity index (χ0v) is 20.5. The van der Waals surface area contributed by atoms with E-state index >= 15 is 0 Å². The molecule has 3 aromatic heterocycles. The van der Waals surface area contributed by atoms with E-state index in [2.05, 4.69) is 10.1 Å². The number of amides is 2. The van der Waals surface area contributed by atoms with Gasteiger partial charge in [-0.3, -0.25) is 19.3 Å². The number of rotatable bonds is 4. The van der Waals surface area contributed by atoms with E-state index in [1.807, 2.05) is 34.8 Å². The molecule has 5 rings (SSSR count). The summed E-state index contributed by atoms with van der Waals surface area (Å²) >= 11 is 0. The Balaban J connectivity index is 0.000000426. The van der Waals surface area contributed by atoms with Crippen LogP contribution in [-0.2, 0) is 23.2 Å². The first-order valence-corrected chi connectivity index (χ1v) is 11.8. The molecule has 0 saturated carbocycles. The predicted molar refractivity (Wildman–Crippen MR) is 126 cm³/mol. The first-order chi connectivity index (χ1) is 18.0. The molecular formula is C25H26F3N5O5. The van der Waals surface area contributed by atoms with Crippen LogP contribution >= 0.6 is 0 Å². The molecule has 2 aliphatic heterocycles. The van der Waals surface area contributed by atoms with Crippen LogP contribution in [0.25, 0.3) is 0 Å². The fourth-order valence-corrected chi connectivity index (χ4v) is 5.16. The molecule has 2 amide bonds. The Morgan fingerprint density at radius 3 is 2.47 bits per heavy atom. The van der Waals surface area contributed by atoms with Gasteiger partial charge in [0.1, 0.15) is 0 Å². The van der Waals surface area contributed by atoms with Crippen molar-refractivity contribution < 1.29 is 37.1 Å². The smallest absolute Gasteiger partial charge is 0.475 e. The Morgan fingerprint density at radius 2 is 1.89 bits per heavy atom. The molecule has 10 nitrogen and oxygen atoms in total. The Kier molecular flexibility index (Phi) is 7.56. The highest BCUT2D eigenvalue weighted by molar-refractivity contribution is 5.93. The fourth-order valence-electron chi connectivity index (χ4n) is 5.16. The molecule has 0 aromatic carbocycles. The molecule has 0 unspecified atom stereocenters. The van der Waals surface area contributed by atoms with E-state index in [0.717, 1.165) is 24.1 Å². The van der Waals surface area contributed by atoms with Gasteiger partial charge in [0.15, 0.2) is 5.76 Å². The number of hydrogen-bond donors (Lipinski definition) is 1. The molecule has 0 bridgehead atoms. The standard InChI is InChI=1S/C23H25N5O3.C2HF3O2/c1-26-19(7-11-25-26)18-15-28(21(29)20-4-2-13-31-20)16-23(18)8-3-12-27(22(23)30)14-17-5-9-24-10-6-17;3-2(4,5)1(6)7/h2,4-7,9-11,13,18H,3,8,12,14-16H2,1H3;(H,6,7)/t18-,23+;/m0./s1. The van der Waals surface area contributed by atoms with Crippen molar-refractivity contribution in [1.29, 1.82) is 0 Å². The first kappa shape index (κ1) is 26.9. The summed E-state index contributed by atoms with van der Waals surface area (Å²) in [5.74, 6) is -2.64. The summed E-state index contributed by atoms with van der Waals surface area (Å²) in [6.45, 7) is 2.11. The Morgan fingerprint density at radius 1 is 1.18 bits per heavy atom. The molecular weight excluding hydrogens is 507 g/mol. The van der Waals surface area contributed by atoms with Gasteiger partial charge < -0.3 is 19.3 Å². The molecule has 38 heavy (non-hydrogen) atoms.